The standard InChI is InChI=1S/C6H7N3OS.ClH/c7-6(8)11-5-3-1-2-4-9(5)10;/h1-4H,(H3,7,8);1H. The molecule has 1 rings (SSSR count). The molecule has 0 saturated carbocycles. The number of thioether (sulfide) groups is 1. The molecule has 1 aromatic rings. The molecular weight excluding hydrogens is 198 g/mol. The van der Waals surface area contributed by atoms with Crippen molar-refractivity contribution in [2.45, 2.75) is 5.03 Å². The Morgan fingerprint density at radius 2 is 2.25 bits per heavy atom. The lowest BCUT2D eigenvalue weighted by molar-refractivity contribution is -0.645. The molecule has 0 amide bonds. The van der Waals surface area contributed by atoms with Crippen molar-refractivity contribution in [3.8, 4) is 0 Å². The van der Waals surface area contributed by atoms with Gasteiger partial charge in [-0.15, -0.1) is 12.4 Å². The zero-order chi connectivity index (χ0) is 8.27. The first kappa shape index (κ1) is 11.1. The van der Waals surface area contributed by atoms with Crippen LogP contribution in [0.4, 0.5) is 0 Å². The molecule has 0 aliphatic rings. The lowest BCUT2D eigenvalue weighted by Crippen LogP contribution is -2.28. The molecule has 0 bridgehead atoms. The van der Waals surface area contributed by atoms with Crippen molar-refractivity contribution in [1.82, 2.24) is 0 Å². The van der Waals surface area contributed by atoms with Gasteiger partial charge in [0.05, 0.1) is 0 Å². The molecule has 1 aromatic heterocycles. The molecule has 0 aromatic carbocycles. The van der Waals surface area contributed by atoms with Gasteiger partial charge in [-0.25, -0.2) is 0 Å². The minimum atomic E-state index is -0.0826. The third-order valence-electron chi connectivity index (χ3n) is 1.00. The van der Waals surface area contributed by atoms with Gasteiger partial charge in [0.2, 0.25) is 0 Å². The van der Waals surface area contributed by atoms with Crippen LogP contribution in [0.5, 0.6) is 0 Å². The molecule has 0 aliphatic carbocycles. The Labute approximate surface area is 80.3 Å². The van der Waals surface area contributed by atoms with Crippen molar-refractivity contribution in [2.75, 3.05) is 0 Å². The summed E-state index contributed by atoms with van der Waals surface area (Å²) in [5.41, 5.74) is 5.09. The smallest absolute Gasteiger partial charge is 0.259 e. The second-order valence-electron chi connectivity index (χ2n) is 1.83. The van der Waals surface area contributed by atoms with Gasteiger partial charge in [0, 0.05) is 23.9 Å². The molecule has 66 valence electrons. The Hall–Kier alpha value is -0.940. The minimum absolute atomic E-state index is 0. The molecule has 0 spiro atoms. The van der Waals surface area contributed by atoms with Crippen LogP contribution in [-0.4, -0.2) is 5.17 Å². The van der Waals surface area contributed by atoms with Gasteiger partial charge in [0.25, 0.3) is 5.03 Å². The van der Waals surface area contributed by atoms with Gasteiger partial charge in [-0.3, -0.25) is 5.41 Å². The number of halogens is 1. The number of hydrogen-bond acceptors (Lipinski definition) is 3. The maximum atomic E-state index is 10.9. The zero-order valence-electron chi connectivity index (χ0n) is 6.06. The second kappa shape index (κ2) is 4.84. The van der Waals surface area contributed by atoms with E-state index in [4.69, 9.17) is 11.1 Å². The van der Waals surface area contributed by atoms with E-state index in [-0.39, 0.29) is 17.6 Å². The summed E-state index contributed by atoms with van der Waals surface area (Å²) < 4.78 is 0.673. The highest BCUT2D eigenvalue weighted by Gasteiger charge is 2.04. The van der Waals surface area contributed by atoms with Crippen LogP contribution in [0.25, 0.3) is 0 Å². The highest BCUT2D eigenvalue weighted by Crippen LogP contribution is 2.10. The normalized spacial score (nSPS) is 8.67. The van der Waals surface area contributed by atoms with E-state index in [2.05, 4.69) is 0 Å². The fraction of sp³-hybridized carbons (Fsp3) is 0. The number of nitrogens with zero attached hydrogens (tertiary/aromatic N) is 1. The molecule has 1 heterocycles. The van der Waals surface area contributed by atoms with Crippen LogP contribution in [0.1, 0.15) is 0 Å². The van der Waals surface area contributed by atoms with Gasteiger partial charge in [-0.05, 0) is 6.07 Å². The SMILES string of the molecule is Cl.N=C(N)Sc1cccc[n+]1[O-]. The fourth-order valence-electron chi connectivity index (χ4n) is 0.604. The first-order valence-electron chi connectivity index (χ1n) is 2.90. The van der Waals surface area contributed by atoms with Gasteiger partial charge in [-0.1, -0.05) is 0 Å². The van der Waals surface area contributed by atoms with Crippen molar-refractivity contribution >= 4 is 29.3 Å². The molecule has 0 atom stereocenters. The van der Waals surface area contributed by atoms with Crippen LogP contribution < -0.4 is 10.5 Å². The Balaban J connectivity index is 0.00000121. The Kier molecular flexibility index (Phi) is 4.46. The number of amidine groups is 1. The van der Waals surface area contributed by atoms with Gasteiger partial charge >= 0.3 is 0 Å². The molecule has 0 radical (unpaired) electrons. The maximum absolute atomic E-state index is 10.9. The first-order valence-corrected chi connectivity index (χ1v) is 3.72. The van der Waals surface area contributed by atoms with E-state index in [1.54, 1.807) is 18.2 Å². The van der Waals surface area contributed by atoms with Crippen molar-refractivity contribution < 1.29 is 4.73 Å². The van der Waals surface area contributed by atoms with E-state index in [0.717, 1.165) is 11.8 Å². The number of pyridine rings is 1. The van der Waals surface area contributed by atoms with Crippen LogP contribution in [0.3, 0.4) is 0 Å². The average Bonchev–Trinajstić information content (AvgIpc) is 1.93. The number of rotatable bonds is 1. The average molecular weight is 206 g/mol. The van der Waals surface area contributed by atoms with Gasteiger partial charge in [-0.2, -0.15) is 4.73 Å². The number of aromatic nitrogens is 1. The highest BCUT2D eigenvalue weighted by molar-refractivity contribution is 8.13. The van der Waals surface area contributed by atoms with Crippen molar-refractivity contribution in [2.24, 2.45) is 5.73 Å². The molecule has 12 heavy (non-hydrogen) atoms. The summed E-state index contributed by atoms with van der Waals surface area (Å²) in [6.45, 7) is 0. The van der Waals surface area contributed by atoms with E-state index in [1.165, 1.54) is 6.20 Å². The Morgan fingerprint density at radius 3 is 2.75 bits per heavy atom. The summed E-state index contributed by atoms with van der Waals surface area (Å²) in [5.74, 6) is 0. The predicted molar refractivity (Wildman–Crippen MR) is 50.4 cm³/mol. The quantitative estimate of drug-likeness (QED) is 0.233. The third-order valence-corrected chi connectivity index (χ3v) is 1.75. The maximum Gasteiger partial charge on any atom is 0.259 e. The molecule has 0 saturated heterocycles. The minimum Gasteiger partial charge on any atom is -0.618 e. The van der Waals surface area contributed by atoms with Crippen molar-refractivity contribution in [3.63, 3.8) is 0 Å². The van der Waals surface area contributed by atoms with E-state index in [0.29, 0.717) is 9.76 Å². The van der Waals surface area contributed by atoms with E-state index in [9.17, 15) is 5.21 Å². The van der Waals surface area contributed by atoms with Crippen LogP contribution in [0, 0.1) is 10.6 Å². The molecule has 0 unspecified atom stereocenters. The molecule has 0 aliphatic heterocycles. The van der Waals surface area contributed by atoms with Crippen LogP contribution in [-0.2, 0) is 0 Å². The summed E-state index contributed by atoms with van der Waals surface area (Å²) in [4.78, 5) is 0. The zero-order valence-corrected chi connectivity index (χ0v) is 7.69. The fourth-order valence-corrected chi connectivity index (χ4v) is 1.13. The summed E-state index contributed by atoms with van der Waals surface area (Å²) in [7, 11) is 0. The van der Waals surface area contributed by atoms with E-state index < -0.39 is 0 Å². The lowest BCUT2D eigenvalue weighted by atomic mass is 10.5. The molecule has 3 N–H and O–H groups in total. The Bertz CT molecular complexity index is 281. The summed E-state index contributed by atoms with van der Waals surface area (Å²) in [5, 5.41) is 18.1. The monoisotopic (exact) mass is 205 g/mol. The third kappa shape index (κ3) is 2.98. The number of nitrogens with one attached hydrogen (secondary N) is 1. The molecule has 4 nitrogen and oxygen atoms in total. The molecule has 6 heteroatoms. The van der Waals surface area contributed by atoms with E-state index in [1.807, 2.05) is 0 Å². The second-order valence-corrected chi connectivity index (χ2v) is 2.89. The van der Waals surface area contributed by atoms with Crippen molar-refractivity contribution in [3.05, 3.63) is 29.6 Å². The van der Waals surface area contributed by atoms with Gasteiger partial charge in [0.1, 0.15) is 0 Å². The summed E-state index contributed by atoms with van der Waals surface area (Å²) in [6, 6.07) is 4.95. The highest BCUT2D eigenvalue weighted by atomic mass is 35.5. The van der Waals surface area contributed by atoms with Crippen LogP contribution in [0.15, 0.2) is 29.4 Å². The van der Waals surface area contributed by atoms with Gasteiger partial charge < -0.3 is 10.9 Å². The lowest BCUT2D eigenvalue weighted by Gasteiger charge is -2.00. The topological polar surface area (TPSA) is 76.8 Å². The number of hydrogen-bond donors (Lipinski definition) is 2. The largest absolute Gasteiger partial charge is 0.618 e. The van der Waals surface area contributed by atoms with Gasteiger partial charge in [0.15, 0.2) is 11.4 Å². The molecular formula is C6H8ClN3OS. The van der Waals surface area contributed by atoms with Crippen LogP contribution >= 0.6 is 24.2 Å². The van der Waals surface area contributed by atoms with Crippen molar-refractivity contribution in [1.29, 1.82) is 5.41 Å². The first-order chi connectivity index (χ1) is 5.20. The molecule has 0 fully saturated rings. The van der Waals surface area contributed by atoms with Crippen LogP contribution in [0.2, 0.25) is 0 Å². The Morgan fingerprint density at radius 1 is 1.58 bits per heavy atom. The van der Waals surface area contributed by atoms with E-state index >= 15 is 0 Å². The number of nitrogens with two attached hydrogens (primary N) is 1. The predicted octanol–water partition coefficient (Wildman–Crippen LogP) is 0.727. The summed E-state index contributed by atoms with van der Waals surface area (Å²) >= 11 is 0.937. The summed E-state index contributed by atoms with van der Waals surface area (Å²) in [6.07, 6.45) is 1.37.